The zero-order valence-electron chi connectivity index (χ0n) is 9.17. The van der Waals surface area contributed by atoms with Crippen LogP contribution in [0.5, 0.6) is 0 Å². The molecule has 98 valence electrons. The number of hydrogen-bond acceptors (Lipinski definition) is 2. The van der Waals surface area contributed by atoms with Crippen molar-refractivity contribution in [3.8, 4) is 0 Å². The summed E-state index contributed by atoms with van der Waals surface area (Å²) >= 11 is 8.90. The van der Waals surface area contributed by atoms with Crippen molar-refractivity contribution in [1.29, 1.82) is 0 Å². The summed E-state index contributed by atoms with van der Waals surface area (Å²) in [6.45, 7) is 0.147. The number of alkyl halides is 1. The summed E-state index contributed by atoms with van der Waals surface area (Å²) in [7, 11) is 0. The maximum atomic E-state index is 13.1. The number of benzene rings is 1. The lowest BCUT2D eigenvalue weighted by molar-refractivity contribution is -0.119. The average molecular weight is 340 g/mol. The first kappa shape index (κ1) is 13.7. The van der Waals surface area contributed by atoms with Crippen molar-refractivity contribution >= 4 is 39.3 Å². The van der Waals surface area contributed by atoms with Crippen LogP contribution in [0.25, 0.3) is 0 Å². The van der Waals surface area contributed by atoms with Gasteiger partial charge >= 0.3 is 0 Å². The van der Waals surface area contributed by atoms with Crippen LogP contribution in [0.3, 0.4) is 0 Å². The Balaban J connectivity index is 2.12. The monoisotopic (exact) mass is 338 g/mol. The van der Waals surface area contributed by atoms with E-state index in [0.717, 1.165) is 4.42 Å². The van der Waals surface area contributed by atoms with Crippen molar-refractivity contribution in [1.82, 2.24) is 5.32 Å². The highest BCUT2D eigenvalue weighted by atomic mass is 79.9. The molecule has 1 aliphatic rings. The van der Waals surface area contributed by atoms with Gasteiger partial charge in [0.25, 0.3) is 5.91 Å². The van der Waals surface area contributed by atoms with Crippen molar-refractivity contribution in [2.75, 3.05) is 11.0 Å². The van der Waals surface area contributed by atoms with Gasteiger partial charge in [0.15, 0.2) is 0 Å². The Labute approximate surface area is 116 Å². The van der Waals surface area contributed by atoms with Gasteiger partial charge in [-0.2, -0.15) is 0 Å². The highest BCUT2D eigenvalue weighted by Crippen LogP contribution is 2.26. The maximum absolute atomic E-state index is 13.1. The predicted molar refractivity (Wildman–Crippen MR) is 68.7 cm³/mol. The molecule has 0 bridgehead atoms. The molecule has 1 fully saturated rings. The van der Waals surface area contributed by atoms with Gasteiger partial charge in [-0.3, -0.25) is 4.79 Å². The number of carbonyl (C=O) groups is 1. The SMILES string of the molecule is O=C([C@@H]1C[C@@H](F)CN1)N(Cl)c1ccc(F)c(Br)c1. The van der Waals surface area contributed by atoms with E-state index in [4.69, 9.17) is 11.8 Å². The number of anilines is 1. The Morgan fingerprint density at radius 2 is 2.28 bits per heavy atom. The van der Waals surface area contributed by atoms with E-state index in [9.17, 15) is 13.6 Å². The standard InChI is InChI=1S/C11H10BrClF2N2O/c12-8-4-7(1-2-9(8)15)17(13)11(18)10-3-6(14)5-16-10/h1-2,4,6,10,16H,3,5H2/t6-,10+/m1/s1. The molecule has 18 heavy (non-hydrogen) atoms. The van der Waals surface area contributed by atoms with Gasteiger partial charge in [0, 0.05) is 24.7 Å². The normalized spacial score (nSPS) is 23.1. The third-order valence-electron chi connectivity index (χ3n) is 2.70. The highest BCUT2D eigenvalue weighted by Gasteiger charge is 2.32. The maximum Gasteiger partial charge on any atom is 0.258 e. The molecule has 1 amide bonds. The van der Waals surface area contributed by atoms with E-state index in [-0.39, 0.29) is 17.4 Å². The molecular weight excluding hydrogens is 329 g/mol. The van der Waals surface area contributed by atoms with E-state index in [2.05, 4.69) is 21.2 Å². The first-order valence-electron chi connectivity index (χ1n) is 5.31. The molecule has 7 heteroatoms. The van der Waals surface area contributed by atoms with Gasteiger partial charge in [0.1, 0.15) is 12.0 Å². The number of halogens is 4. The molecule has 0 saturated carbocycles. The fourth-order valence-electron chi connectivity index (χ4n) is 1.75. The van der Waals surface area contributed by atoms with Gasteiger partial charge < -0.3 is 5.32 Å². The minimum Gasteiger partial charge on any atom is -0.303 e. The van der Waals surface area contributed by atoms with Crippen LogP contribution >= 0.6 is 27.7 Å². The average Bonchev–Trinajstić information content (AvgIpc) is 2.77. The van der Waals surface area contributed by atoms with E-state index in [1.807, 2.05) is 0 Å². The molecule has 1 saturated heterocycles. The lowest BCUT2D eigenvalue weighted by Crippen LogP contribution is -2.39. The first-order chi connectivity index (χ1) is 8.49. The largest absolute Gasteiger partial charge is 0.303 e. The van der Waals surface area contributed by atoms with Crippen LogP contribution < -0.4 is 9.74 Å². The summed E-state index contributed by atoms with van der Waals surface area (Å²) < 4.78 is 27.1. The lowest BCUT2D eigenvalue weighted by atomic mass is 10.2. The van der Waals surface area contributed by atoms with Crippen LogP contribution in [0.1, 0.15) is 6.42 Å². The Morgan fingerprint density at radius 1 is 1.56 bits per heavy atom. The van der Waals surface area contributed by atoms with Crippen LogP contribution in [0.4, 0.5) is 14.5 Å². The zero-order valence-corrected chi connectivity index (χ0v) is 11.5. The lowest BCUT2D eigenvalue weighted by Gasteiger charge is -2.18. The van der Waals surface area contributed by atoms with E-state index in [1.54, 1.807) is 0 Å². The number of carbonyl (C=O) groups excluding carboxylic acids is 1. The van der Waals surface area contributed by atoms with Crippen LogP contribution in [-0.2, 0) is 4.79 Å². The summed E-state index contributed by atoms with van der Waals surface area (Å²) in [5.74, 6) is -0.894. The second-order valence-corrected chi connectivity index (χ2v) is 5.20. The molecule has 1 aromatic rings. The molecule has 1 aliphatic heterocycles. The van der Waals surface area contributed by atoms with Crippen LogP contribution in [0.15, 0.2) is 22.7 Å². The predicted octanol–water partition coefficient (Wildman–Crippen LogP) is 2.78. The summed E-state index contributed by atoms with van der Waals surface area (Å²) in [5.41, 5.74) is 0.332. The van der Waals surface area contributed by atoms with Crippen LogP contribution in [0, 0.1) is 5.82 Å². The molecule has 0 aromatic heterocycles. The van der Waals surface area contributed by atoms with Gasteiger partial charge in [0.2, 0.25) is 0 Å². The molecule has 1 aromatic carbocycles. The Morgan fingerprint density at radius 3 is 2.83 bits per heavy atom. The minimum atomic E-state index is -1.04. The van der Waals surface area contributed by atoms with Gasteiger partial charge in [-0.05, 0) is 34.1 Å². The number of hydrogen-bond donors (Lipinski definition) is 1. The fraction of sp³-hybridized carbons (Fsp3) is 0.364. The number of rotatable bonds is 2. The summed E-state index contributed by atoms with van der Waals surface area (Å²) in [5, 5.41) is 2.75. The van der Waals surface area contributed by atoms with E-state index in [1.165, 1.54) is 18.2 Å². The summed E-state index contributed by atoms with van der Waals surface area (Å²) in [6, 6.07) is 3.33. The van der Waals surface area contributed by atoms with Crippen molar-refractivity contribution in [3.63, 3.8) is 0 Å². The minimum absolute atomic E-state index is 0.102. The van der Waals surface area contributed by atoms with E-state index >= 15 is 0 Å². The number of nitrogens with zero attached hydrogens (tertiary/aromatic N) is 1. The zero-order chi connectivity index (χ0) is 13.3. The van der Waals surface area contributed by atoms with E-state index < -0.39 is 23.9 Å². The molecular formula is C11H10BrClF2N2O. The molecule has 3 nitrogen and oxygen atoms in total. The Kier molecular flexibility index (Phi) is 4.19. The molecule has 2 rings (SSSR count). The van der Waals surface area contributed by atoms with Crippen molar-refractivity contribution in [3.05, 3.63) is 28.5 Å². The molecule has 1 heterocycles. The van der Waals surface area contributed by atoms with Crippen LogP contribution in [0.2, 0.25) is 0 Å². The third kappa shape index (κ3) is 2.81. The molecule has 0 radical (unpaired) electrons. The quantitative estimate of drug-likeness (QED) is 0.840. The van der Waals surface area contributed by atoms with Gasteiger partial charge in [-0.25, -0.2) is 13.2 Å². The van der Waals surface area contributed by atoms with Crippen LogP contribution in [-0.4, -0.2) is 24.7 Å². The summed E-state index contributed by atoms with van der Waals surface area (Å²) in [4.78, 5) is 11.9. The molecule has 0 spiro atoms. The number of nitrogens with one attached hydrogen (secondary N) is 1. The smallest absolute Gasteiger partial charge is 0.258 e. The van der Waals surface area contributed by atoms with Crippen molar-refractivity contribution in [2.45, 2.75) is 18.6 Å². The number of amides is 1. The molecule has 2 atom stereocenters. The topological polar surface area (TPSA) is 32.3 Å². The summed E-state index contributed by atoms with van der Waals surface area (Å²) in [6.07, 6.45) is -0.936. The Hall–Kier alpha value is -0.720. The second-order valence-electron chi connectivity index (χ2n) is 4.01. The highest BCUT2D eigenvalue weighted by molar-refractivity contribution is 9.10. The third-order valence-corrected chi connectivity index (χ3v) is 3.67. The van der Waals surface area contributed by atoms with Crippen molar-refractivity contribution in [2.24, 2.45) is 0 Å². The van der Waals surface area contributed by atoms with Crippen molar-refractivity contribution < 1.29 is 13.6 Å². The van der Waals surface area contributed by atoms with Gasteiger partial charge in [0.05, 0.1) is 16.2 Å². The van der Waals surface area contributed by atoms with E-state index in [0.29, 0.717) is 5.69 Å². The van der Waals surface area contributed by atoms with Gasteiger partial charge in [-0.15, -0.1) is 0 Å². The fourth-order valence-corrected chi connectivity index (χ4v) is 2.34. The second kappa shape index (κ2) is 5.50. The molecule has 1 N–H and O–H groups in total. The first-order valence-corrected chi connectivity index (χ1v) is 6.44. The molecule has 0 aliphatic carbocycles. The molecule has 0 unspecified atom stereocenters. The van der Waals surface area contributed by atoms with Gasteiger partial charge in [-0.1, -0.05) is 0 Å². The Bertz CT molecular complexity index is 474.